The van der Waals surface area contributed by atoms with Crippen LogP contribution in [-0.2, 0) is 23.8 Å². The zero-order valence-corrected chi connectivity index (χ0v) is 19.0. The molecule has 10 atom stereocenters. The maximum absolute atomic E-state index is 13.2. The molecule has 2 aliphatic carbocycles. The zero-order chi connectivity index (χ0) is 22.1. The zero-order valence-electron chi connectivity index (χ0n) is 18.3. The van der Waals surface area contributed by atoms with E-state index in [9.17, 15) is 9.59 Å². The second kappa shape index (κ2) is 7.35. The van der Waals surface area contributed by atoms with E-state index in [0.29, 0.717) is 11.7 Å². The molecule has 5 aliphatic rings. The third kappa shape index (κ3) is 3.32. The number of Topliss-reactive ketones (excluding diaryl/α,β-unsaturated/α-hetero) is 1. The first-order valence-electron chi connectivity index (χ1n) is 11.2. The van der Waals surface area contributed by atoms with Crippen molar-refractivity contribution in [2.24, 2.45) is 35.5 Å². The summed E-state index contributed by atoms with van der Waals surface area (Å²) in [7, 11) is 0. The number of halogens is 1. The van der Waals surface area contributed by atoms with Gasteiger partial charge in [0.05, 0.1) is 5.60 Å². The van der Waals surface area contributed by atoms with Crippen LogP contribution >= 0.6 is 11.6 Å². The molecule has 0 bridgehead atoms. The standard InChI is InChI=1S/C25H29ClO5/c1-12-7-5-6-8-13(2)29-24(28)14(3)20(27)19(26)21-18-16(12)10-9-15-11-25(4)23(31-25)22(30-21)17(15)18/h5-10,12-18,22-23H,11H2,1-4H3/b7-5-,8-6+,21-19+/t12-,13+,14+,15-,16+,17?,18?,22+,23?,25-/m1/s1. The summed E-state index contributed by atoms with van der Waals surface area (Å²) >= 11 is 6.68. The van der Waals surface area contributed by atoms with Gasteiger partial charge in [0.15, 0.2) is 5.78 Å². The lowest BCUT2D eigenvalue weighted by Gasteiger charge is -2.40. The van der Waals surface area contributed by atoms with E-state index in [2.05, 4.69) is 32.1 Å². The summed E-state index contributed by atoms with van der Waals surface area (Å²) in [6.07, 6.45) is 12.9. The summed E-state index contributed by atoms with van der Waals surface area (Å²) in [6.45, 7) is 7.63. The van der Waals surface area contributed by atoms with Crippen LogP contribution in [0, 0.1) is 35.5 Å². The number of fused-ring (bicyclic) bond motifs is 2. The number of cyclic esters (lactones) is 1. The Morgan fingerprint density at radius 1 is 1.03 bits per heavy atom. The first-order chi connectivity index (χ1) is 14.7. The molecule has 3 unspecified atom stereocenters. The van der Waals surface area contributed by atoms with E-state index in [1.54, 1.807) is 19.9 Å². The number of esters is 1. The summed E-state index contributed by atoms with van der Waals surface area (Å²) in [6, 6.07) is 0. The molecule has 6 heteroatoms. The Morgan fingerprint density at radius 2 is 1.77 bits per heavy atom. The number of epoxide rings is 1. The number of rotatable bonds is 0. The minimum atomic E-state index is -0.992. The smallest absolute Gasteiger partial charge is 0.317 e. The normalized spacial score (nSPS) is 52.9. The van der Waals surface area contributed by atoms with Gasteiger partial charge < -0.3 is 14.2 Å². The lowest BCUT2D eigenvalue weighted by Crippen LogP contribution is -2.44. The van der Waals surface area contributed by atoms with Crippen molar-refractivity contribution in [1.29, 1.82) is 0 Å². The third-order valence-corrected chi connectivity index (χ3v) is 8.10. The topological polar surface area (TPSA) is 65.1 Å². The van der Waals surface area contributed by atoms with Gasteiger partial charge in [-0.25, -0.2) is 0 Å². The molecule has 1 saturated carbocycles. The first-order valence-corrected chi connectivity index (χ1v) is 11.6. The maximum atomic E-state index is 13.2. The molecule has 3 aliphatic heterocycles. The summed E-state index contributed by atoms with van der Waals surface area (Å²) in [5.74, 6) is -0.593. The Balaban J connectivity index is 1.61. The van der Waals surface area contributed by atoms with Crippen LogP contribution in [0.1, 0.15) is 34.1 Å². The molecule has 0 amide bonds. The average Bonchev–Trinajstić information content (AvgIpc) is 3.26. The maximum Gasteiger partial charge on any atom is 0.317 e. The molecule has 5 rings (SSSR count). The summed E-state index contributed by atoms with van der Waals surface area (Å²) < 4.78 is 17.9. The third-order valence-electron chi connectivity index (χ3n) is 7.73. The van der Waals surface area contributed by atoms with E-state index in [4.69, 9.17) is 25.8 Å². The number of hydrogen-bond donors (Lipinski definition) is 0. The van der Waals surface area contributed by atoms with Crippen LogP contribution in [0.2, 0.25) is 0 Å². The molecule has 31 heavy (non-hydrogen) atoms. The van der Waals surface area contributed by atoms with Crippen LogP contribution in [0.4, 0.5) is 0 Å². The number of ether oxygens (including phenoxy) is 3. The van der Waals surface area contributed by atoms with Gasteiger partial charge in [-0.3, -0.25) is 9.59 Å². The van der Waals surface area contributed by atoms with Gasteiger partial charge in [0.1, 0.15) is 35.0 Å². The van der Waals surface area contributed by atoms with Crippen LogP contribution in [0.3, 0.4) is 0 Å². The van der Waals surface area contributed by atoms with Gasteiger partial charge in [-0.2, -0.15) is 0 Å². The molecule has 0 aromatic heterocycles. The Labute approximate surface area is 188 Å². The second-order valence-corrected chi connectivity index (χ2v) is 10.3. The first kappa shape index (κ1) is 21.0. The molecule has 3 fully saturated rings. The molecular formula is C25H29ClO5. The number of carbonyl (C=O) groups is 2. The quantitative estimate of drug-likeness (QED) is 0.241. The van der Waals surface area contributed by atoms with Crippen LogP contribution < -0.4 is 0 Å². The van der Waals surface area contributed by atoms with Gasteiger partial charge in [-0.05, 0) is 51.0 Å². The highest BCUT2D eigenvalue weighted by Crippen LogP contribution is 2.63. The van der Waals surface area contributed by atoms with Crippen LogP contribution in [-0.4, -0.2) is 35.7 Å². The van der Waals surface area contributed by atoms with E-state index < -0.39 is 23.8 Å². The fourth-order valence-electron chi connectivity index (χ4n) is 5.95. The Morgan fingerprint density at radius 3 is 2.55 bits per heavy atom. The van der Waals surface area contributed by atoms with Gasteiger partial charge in [0, 0.05) is 11.8 Å². The summed E-state index contributed by atoms with van der Waals surface area (Å²) in [5.41, 5.74) is -0.165. The Hall–Kier alpha value is -1.85. The molecule has 0 N–H and O–H groups in total. The predicted octanol–water partition coefficient (Wildman–Crippen LogP) is 4.33. The number of ketones is 1. The monoisotopic (exact) mass is 444 g/mol. The van der Waals surface area contributed by atoms with Gasteiger partial charge in [0.2, 0.25) is 0 Å². The minimum Gasteiger partial charge on any atom is -0.490 e. The van der Waals surface area contributed by atoms with Crippen LogP contribution in [0.15, 0.2) is 47.2 Å². The minimum absolute atomic E-state index is 0.0149. The SMILES string of the molecule is C[C@@H]1C(=O)O[C@@H](C)/C=C/C=C\[C@@H](C)[C@@H]2C=C[C@@H]3C[C@@]4(C)OC4[C@H]4O/C(=C(/Cl)C1=O)C2C43. The van der Waals surface area contributed by atoms with Crippen molar-refractivity contribution >= 4 is 23.4 Å². The largest absolute Gasteiger partial charge is 0.490 e. The Kier molecular flexibility index (Phi) is 4.98. The highest BCUT2D eigenvalue weighted by Gasteiger charge is 2.69. The summed E-state index contributed by atoms with van der Waals surface area (Å²) in [5, 5.41) is 0.0293. The molecule has 0 aromatic rings. The molecule has 0 spiro atoms. The molecule has 166 valence electrons. The van der Waals surface area contributed by atoms with E-state index in [1.807, 2.05) is 12.2 Å². The Bertz CT molecular complexity index is 932. The van der Waals surface area contributed by atoms with E-state index in [1.165, 1.54) is 0 Å². The van der Waals surface area contributed by atoms with Gasteiger partial charge in [0.25, 0.3) is 0 Å². The number of hydrogen-bond acceptors (Lipinski definition) is 5. The van der Waals surface area contributed by atoms with Crippen LogP contribution in [0.25, 0.3) is 0 Å². The van der Waals surface area contributed by atoms with Gasteiger partial charge >= 0.3 is 5.97 Å². The van der Waals surface area contributed by atoms with Crippen molar-refractivity contribution in [3.05, 3.63) is 47.2 Å². The van der Waals surface area contributed by atoms with Gasteiger partial charge in [-0.15, -0.1) is 0 Å². The highest BCUT2D eigenvalue weighted by molar-refractivity contribution is 6.44. The lowest BCUT2D eigenvalue weighted by molar-refractivity contribution is -0.152. The molecule has 3 heterocycles. The molecule has 5 nitrogen and oxygen atoms in total. The van der Waals surface area contributed by atoms with Crippen molar-refractivity contribution in [3.63, 3.8) is 0 Å². The second-order valence-electron chi connectivity index (χ2n) is 9.90. The molecule has 0 aromatic carbocycles. The average molecular weight is 445 g/mol. The van der Waals surface area contributed by atoms with Crippen molar-refractivity contribution < 1.29 is 23.8 Å². The fourth-order valence-corrected chi connectivity index (χ4v) is 6.28. The summed E-state index contributed by atoms with van der Waals surface area (Å²) in [4.78, 5) is 25.7. The van der Waals surface area contributed by atoms with Crippen molar-refractivity contribution in [3.8, 4) is 0 Å². The van der Waals surface area contributed by atoms with Crippen molar-refractivity contribution in [2.75, 3.05) is 0 Å². The van der Waals surface area contributed by atoms with Crippen molar-refractivity contribution in [2.45, 2.75) is 58.0 Å². The number of allylic oxidation sites excluding steroid dienone is 7. The van der Waals surface area contributed by atoms with E-state index in [-0.39, 0.29) is 46.5 Å². The molecule has 2 saturated heterocycles. The predicted molar refractivity (Wildman–Crippen MR) is 116 cm³/mol. The number of carbonyl (C=O) groups excluding carboxylic acids is 2. The molecule has 0 radical (unpaired) electrons. The van der Waals surface area contributed by atoms with E-state index >= 15 is 0 Å². The van der Waals surface area contributed by atoms with Crippen molar-refractivity contribution in [1.82, 2.24) is 0 Å². The highest BCUT2D eigenvalue weighted by atomic mass is 35.5. The fraction of sp³-hybridized carbons (Fsp3) is 0.600. The van der Waals surface area contributed by atoms with E-state index in [0.717, 1.165) is 6.42 Å². The van der Waals surface area contributed by atoms with Gasteiger partial charge in [-0.1, -0.05) is 48.9 Å². The molecular weight excluding hydrogens is 416 g/mol. The van der Waals surface area contributed by atoms with Crippen LogP contribution in [0.5, 0.6) is 0 Å². The lowest BCUT2D eigenvalue weighted by atomic mass is 9.60.